The number of unbranched alkanes of at least 4 members (excludes halogenated alkanes) is 2. The molecule has 2 N–H and O–H groups in total. The van der Waals surface area contributed by atoms with Crippen LogP contribution in [0.1, 0.15) is 119 Å². The van der Waals surface area contributed by atoms with Crippen LogP contribution in [0.5, 0.6) is 0 Å². The second-order valence-electron chi connectivity index (χ2n) is 9.69. The molecule has 0 amide bonds. The van der Waals surface area contributed by atoms with E-state index in [1.54, 1.807) is 0 Å². The molecule has 0 saturated heterocycles. The van der Waals surface area contributed by atoms with Crippen LogP contribution in [0.25, 0.3) is 0 Å². The minimum Gasteiger partial charge on any atom is -0.393 e. The molecule has 188 valence electrons. The maximum absolute atomic E-state index is 9.59. The highest BCUT2D eigenvalue weighted by Gasteiger charge is 2.19. The van der Waals surface area contributed by atoms with Gasteiger partial charge in [0.2, 0.25) is 0 Å². The molecule has 31 heavy (non-hydrogen) atoms. The van der Waals surface area contributed by atoms with Crippen LogP contribution in [0.3, 0.4) is 0 Å². The molecule has 0 radical (unpaired) electrons. The van der Waals surface area contributed by atoms with Gasteiger partial charge in [-0.05, 0) is 77.0 Å². The molecule has 0 spiro atoms. The van der Waals surface area contributed by atoms with Crippen molar-refractivity contribution in [2.45, 2.75) is 143 Å². The summed E-state index contributed by atoms with van der Waals surface area (Å²) in [5.74, 6) is 1.01. The van der Waals surface area contributed by atoms with Gasteiger partial charge in [0.25, 0.3) is 0 Å². The molecule has 0 aliphatic rings. The maximum Gasteiger partial charge on any atom is 0.160 e. The second-order valence-corrected chi connectivity index (χ2v) is 9.69. The molecule has 0 heterocycles. The number of hydrogen-bond donors (Lipinski definition) is 2. The Kier molecular flexibility index (Phi) is 20.3. The normalized spacial score (nSPS) is 17.8. The van der Waals surface area contributed by atoms with Gasteiger partial charge < -0.3 is 24.4 Å². The first kappa shape index (κ1) is 30.8. The van der Waals surface area contributed by atoms with Crippen molar-refractivity contribution in [3.8, 4) is 0 Å². The van der Waals surface area contributed by atoms with Crippen LogP contribution in [-0.2, 0) is 14.2 Å². The summed E-state index contributed by atoms with van der Waals surface area (Å²) in [7, 11) is 0. The molecular weight excluding hydrogens is 392 g/mol. The van der Waals surface area contributed by atoms with E-state index in [1.807, 2.05) is 13.8 Å². The SMILES string of the molecule is CCCCOC(CCCC(C)CC(C)O)OC(CCCC(C)CC(C)O)OCCCC. The number of aliphatic hydroxyl groups excluding tert-OH is 2. The Labute approximate surface area is 193 Å². The lowest BCUT2D eigenvalue weighted by molar-refractivity contribution is -0.250. The number of hydrogen-bond acceptors (Lipinski definition) is 5. The molecule has 6 atom stereocenters. The van der Waals surface area contributed by atoms with Crippen LogP contribution in [0.4, 0.5) is 0 Å². The summed E-state index contributed by atoms with van der Waals surface area (Å²) in [4.78, 5) is 0. The average Bonchev–Trinajstić information content (AvgIpc) is 2.66. The van der Waals surface area contributed by atoms with Crippen molar-refractivity contribution >= 4 is 0 Å². The summed E-state index contributed by atoms with van der Waals surface area (Å²) >= 11 is 0. The molecule has 0 aliphatic carbocycles. The summed E-state index contributed by atoms with van der Waals surface area (Å²) in [5.41, 5.74) is 0. The first-order chi connectivity index (χ1) is 14.8. The molecule has 0 rings (SSSR count). The van der Waals surface area contributed by atoms with Gasteiger partial charge in [-0.3, -0.25) is 0 Å². The van der Waals surface area contributed by atoms with E-state index in [0.29, 0.717) is 11.8 Å². The molecule has 0 saturated carbocycles. The lowest BCUT2D eigenvalue weighted by Gasteiger charge is -2.26. The van der Waals surface area contributed by atoms with Gasteiger partial charge in [0.05, 0.1) is 12.2 Å². The Balaban J connectivity index is 4.66. The summed E-state index contributed by atoms with van der Waals surface area (Å²) in [5, 5.41) is 19.2. The van der Waals surface area contributed by atoms with E-state index >= 15 is 0 Å². The van der Waals surface area contributed by atoms with Gasteiger partial charge in [0.15, 0.2) is 12.6 Å². The lowest BCUT2D eigenvalue weighted by atomic mass is 9.97. The highest BCUT2D eigenvalue weighted by Crippen LogP contribution is 2.21. The molecule has 0 bridgehead atoms. The minimum absolute atomic E-state index is 0.230. The zero-order valence-corrected chi connectivity index (χ0v) is 21.5. The molecule has 0 aliphatic heterocycles. The standard InChI is InChI=1S/C26H54O5/c1-7-9-17-29-25(15-11-13-21(3)19-23(5)27)31-26(30-18-10-8-2)16-12-14-22(4)20-24(6)28/h21-28H,7-20H2,1-6H3. The van der Waals surface area contributed by atoms with Crippen molar-refractivity contribution in [2.24, 2.45) is 11.8 Å². The third kappa shape index (κ3) is 20.2. The van der Waals surface area contributed by atoms with E-state index in [0.717, 1.165) is 90.3 Å². The van der Waals surface area contributed by atoms with Crippen LogP contribution in [0.2, 0.25) is 0 Å². The molecule has 5 nitrogen and oxygen atoms in total. The Bertz CT molecular complexity index is 341. The summed E-state index contributed by atoms with van der Waals surface area (Å²) in [6.07, 6.45) is 10.9. The monoisotopic (exact) mass is 446 g/mol. The van der Waals surface area contributed by atoms with Crippen LogP contribution >= 0.6 is 0 Å². The van der Waals surface area contributed by atoms with Crippen LogP contribution in [0, 0.1) is 11.8 Å². The topological polar surface area (TPSA) is 68.2 Å². The van der Waals surface area contributed by atoms with E-state index in [4.69, 9.17) is 14.2 Å². The second kappa shape index (κ2) is 20.4. The third-order valence-electron chi connectivity index (χ3n) is 5.67. The Hall–Kier alpha value is -0.200. The predicted octanol–water partition coefficient (Wildman–Crippen LogP) is 6.44. The van der Waals surface area contributed by atoms with Crippen molar-refractivity contribution in [1.29, 1.82) is 0 Å². The van der Waals surface area contributed by atoms with E-state index in [2.05, 4.69) is 27.7 Å². The quantitative estimate of drug-likeness (QED) is 0.148. The van der Waals surface area contributed by atoms with E-state index in [-0.39, 0.29) is 24.8 Å². The van der Waals surface area contributed by atoms with Crippen molar-refractivity contribution < 1.29 is 24.4 Å². The Morgan fingerprint density at radius 1 is 0.581 bits per heavy atom. The third-order valence-corrected chi connectivity index (χ3v) is 5.67. The molecule has 0 aromatic heterocycles. The largest absolute Gasteiger partial charge is 0.393 e. The van der Waals surface area contributed by atoms with E-state index < -0.39 is 0 Å². The molecule has 0 aromatic carbocycles. The zero-order chi connectivity index (χ0) is 23.5. The van der Waals surface area contributed by atoms with Crippen molar-refractivity contribution in [3.63, 3.8) is 0 Å². The molecule has 6 unspecified atom stereocenters. The lowest BCUT2D eigenvalue weighted by Crippen LogP contribution is -2.28. The molecule has 0 aromatic rings. The van der Waals surface area contributed by atoms with E-state index in [1.165, 1.54) is 0 Å². The average molecular weight is 447 g/mol. The van der Waals surface area contributed by atoms with Crippen LogP contribution < -0.4 is 0 Å². The summed E-state index contributed by atoms with van der Waals surface area (Å²) < 4.78 is 18.5. The highest BCUT2D eigenvalue weighted by molar-refractivity contribution is 4.62. The fraction of sp³-hybridized carbons (Fsp3) is 1.00. The van der Waals surface area contributed by atoms with Crippen molar-refractivity contribution in [1.82, 2.24) is 0 Å². The molecular formula is C26H54O5. The Morgan fingerprint density at radius 2 is 0.968 bits per heavy atom. The first-order valence-corrected chi connectivity index (χ1v) is 13.0. The van der Waals surface area contributed by atoms with E-state index in [9.17, 15) is 10.2 Å². The first-order valence-electron chi connectivity index (χ1n) is 13.0. The van der Waals surface area contributed by atoms with Crippen molar-refractivity contribution in [2.75, 3.05) is 13.2 Å². The predicted molar refractivity (Wildman–Crippen MR) is 129 cm³/mol. The highest BCUT2D eigenvalue weighted by atomic mass is 16.8. The number of ether oxygens (including phenoxy) is 3. The van der Waals surface area contributed by atoms with Gasteiger partial charge in [-0.15, -0.1) is 0 Å². The van der Waals surface area contributed by atoms with Gasteiger partial charge in [-0.1, -0.05) is 53.4 Å². The molecule has 5 heteroatoms. The van der Waals surface area contributed by atoms with Crippen LogP contribution in [-0.4, -0.2) is 48.2 Å². The minimum atomic E-state index is -0.240. The van der Waals surface area contributed by atoms with Gasteiger partial charge in [-0.25, -0.2) is 0 Å². The molecule has 0 fully saturated rings. The number of rotatable bonds is 22. The van der Waals surface area contributed by atoms with Gasteiger partial charge in [0.1, 0.15) is 0 Å². The van der Waals surface area contributed by atoms with Crippen molar-refractivity contribution in [3.05, 3.63) is 0 Å². The van der Waals surface area contributed by atoms with Gasteiger partial charge in [-0.2, -0.15) is 0 Å². The van der Waals surface area contributed by atoms with Crippen LogP contribution in [0.15, 0.2) is 0 Å². The Morgan fingerprint density at radius 3 is 1.29 bits per heavy atom. The fourth-order valence-corrected chi connectivity index (χ4v) is 3.94. The zero-order valence-electron chi connectivity index (χ0n) is 21.5. The number of aliphatic hydroxyl groups is 2. The van der Waals surface area contributed by atoms with Gasteiger partial charge in [0, 0.05) is 13.2 Å². The van der Waals surface area contributed by atoms with Gasteiger partial charge >= 0.3 is 0 Å². The summed E-state index contributed by atoms with van der Waals surface area (Å²) in [6, 6.07) is 0. The maximum atomic E-state index is 9.59. The fourth-order valence-electron chi connectivity index (χ4n) is 3.94. The summed E-state index contributed by atoms with van der Waals surface area (Å²) in [6.45, 7) is 13.9. The smallest absolute Gasteiger partial charge is 0.160 e.